The van der Waals surface area contributed by atoms with Crippen LogP contribution >= 0.6 is 0 Å². The maximum absolute atomic E-state index is 5.77. The quantitative estimate of drug-likeness (QED) is 0.931. The highest BCUT2D eigenvalue weighted by molar-refractivity contribution is 5.39. The zero-order valence-corrected chi connectivity index (χ0v) is 12.5. The molecule has 0 spiro atoms. The lowest BCUT2D eigenvalue weighted by Gasteiger charge is -2.18. The molecule has 4 rings (SSSR count). The van der Waals surface area contributed by atoms with E-state index in [4.69, 9.17) is 4.74 Å². The lowest BCUT2D eigenvalue weighted by atomic mass is 10.0. The number of hydrogen-bond donors (Lipinski definition) is 1. The highest BCUT2D eigenvalue weighted by Gasteiger charge is 2.36. The van der Waals surface area contributed by atoms with Crippen LogP contribution in [-0.4, -0.2) is 36.1 Å². The lowest BCUT2D eigenvalue weighted by Crippen LogP contribution is -2.26. The van der Waals surface area contributed by atoms with Gasteiger partial charge in [0.25, 0.3) is 0 Å². The molecular weight excluding hydrogens is 276 g/mol. The van der Waals surface area contributed by atoms with Crippen molar-refractivity contribution in [2.75, 3.05) is 31.1 Å². The summed E-state index contributed by atoms with van der Waals surface area (Å²) in [6.07, 6.45) is 3.52. The van der Waals surface area contributed by atoms with E-state index in [0.29, 0.717) is 12.5 Å². The summed E-state index contributed by atoms with van der Waals surface area (Å²) in [5.41, 5.74) is 1.14. The zero-order chi connectivity index (χ0) is 14.8. The maximum atomic E-state index is 5.77. The number of aromatic nitrogens is 2. The molecule has 0 aliphatic carbocycles. The second-order valence-corrected chi connectivity index (χ2v) is 6.07. The normalized spacial score (nSPS) is 23.5. The fourth-order valence-corrected chi connectivity index (χ4v) is 3.33. The minimum absolute atomic E-state index is 0.522. The number of nitrogens with one attached hydrogen (secondary N) is 1. The van der Waals surface area contributed by atoms with E-state index in [-0.39, 0.29) is 0 Å². The van der Waals surface area contributed by atoms with E-state index in [9.17, 15) is 0 Å². The summed E-state index contributed by atoms with van der Waals surface area (Å²) in [6.45, 7) is 4.90. The van der Waals surface area contributed by atoms with Crippen molar-refractivity contribution in [3.63, 3.8) is 0 Å². The Morgan fingerprint density at radius 2 is 1.86 bits per heavy atom. The van der Waals surface area contributed by atoms with E-state index >= 15 is 0 Å². The summed E-state index contributed by atoms with van der Waals surface area (Å²) in [4.78, 5) is 11.2. The van der Waals surface area contributed by atoms with E-state index in [1.807, 2.05) is 36.5 Å². The fraction of sp³-hybridized carbons (Fsp3) is 0.412. The Kier molecular flexibility index (Phi) is 3.64. The number of benzene rings is 1. The molecule has 5 heteroatoms. The van der Waals surface area contributed by atoms with Crippen LogP contribution in [0.3, 0.4) is 0 Å². The van der Waals surface area contributed by atoms with Crippen molar-refractivity contribution in [2.45, 2.75) is 6.61 Å². The van der Waals surface area contributed by atoms with Gasteiger partial charge in [0.15, 0.2) is 5.82 Å². The van der Waals surface area contributed by atoms with Gasteiger partial charge in [0.1, 0.15) is 6.61 Å². The Morgan fingerprint density at radius 1 is 1.09 bits per heavy atom. The van der Waals surface area contributed by atoms with Crippen LogP contribution in [0, 0.1) is 11.8 Å². The van der Waals surface area contributed by atoms with Crippen molar-refractivity contribution in [2.24, 2.45) is 11.8 Å². The molecule has 1 aromatic carbocycles. The molecular formula is C17H20N4O. The minimum Gasteiger partial charge on any atom is -0.472 e. The summed E-state index contributed by atoms with van der Waals surface area (Å²) in [5, 5.41) is 3.46. The summed E-state index contributed by atoms with van der Waals surface area (Å²) in [5.74, 6) is 3.02. The smallest absolute Gasteiger partial charge is 0.234 e. The first-order valence-electron chi connectivity index (χ1n) is 7.83. The Labute approximate surface area is 130 Å². The molecule has 0 amide bonds. The summed E-state index contributed by atoms with van der Waals surface area (Å²) < 4.78 is 5.77. The van der Waals surface area contributed by atoms with Crippen LogP contribution in [0.5, 0.6) is 5.88 Å². The third-order valence-corrected chi connectivity index (χ3v) is 4.54. The number of nitrogens with zero attached hydrogens (tertiary/aromatic N) is 3. The van der Waals surface area contributed by atoms with Crippen molar-refractivity contribution < 1.29 is 4.74 Å². The van der Waals surface area contributed by atoms with Gasteiger partial charge in [0, 0.05) is 26.2 Å². The molecule has 2 fully saturated rings. The summed E-state index contributed by atoms with van der Waals surface area (Å²) in [6, 6.07) is 10.1. The number of ether oxygens (including phenoxy) is 1. The van der Waals surface area contributed by atoms with E-state index < -0.39 is 0 Å². The van der Waals surface area contributed by atoms with Crippen LogP contribution in [-0.2, 0) is 6.61 Å². The third kappa shape index (κ3) is 2.76. The molecule has 114 valence electrons. The van der Waals surface area contributed by atoms with Crippen LogP contribution in [0.2, 0.25) is 0 Å². The van der Waals surface area contributed by atoms with Gasteiger partial charge in [-0.1, -0.05) is 30.3 Å². The molecule has 2 aliphatic heterocycles. The second kappa shape index (κ2) is 5.93. The van der Waals surface area contributed by atoms with Crippen LogP contribution in [0.15, 0.2) is 42.7 Å². The molecule has 2 atom stereocenters. The van der Waals surface area contributed by atoms with Crippen molar-refractivity contribution in [3.8, 4) is 5.88 Å². The first-order valence-corrected chi connectivity index (χ1v) is 7.83. The molecule has 2 aliphatic rings. The van der Waals surface area contributed by atoms with E-state index in [0.717, 1.165) is 49.4 Å². The van der Waals surface area contributed by atoms with Crippen LogP contribution < -0.4 is 15.0 Å². The molecule has 0 saturated carbocycles. The van der Waals surface area contributed by atoms with E-state index in [1.165, 1.54) is 0 Å². The van der Waals surface area contributed by atoms with Crippen LogP contribution in [0.1, 0.15) is 5.56 Å². The lowest BCUT2D eigenvalue weighted by molar-refractivity contribution is 0.292. The van der Waals surface area contributed by atoms with Gasteiger partial charge in [-0.2, -0.15) is 4.98 Å². The van der Waals surface area contributed by atoms with Gasteiger partial charge in [0.05, 0.1) is 12.4 Å². The van der Waals surface area contributed by atoms with Crippen molar-refractivity contribution in [3.05, 3.63) is 48.3 Å². The van der Waals surface area contributed by atoms with E-state index in [2.05, 4.69) is 20.2 Å². The van der Waals surface area contributed by atoms with Gasteiger partial charge in [-0.25, -0.2) is 0 Å². The highest BCUT2D eigenvalue weighted by Crippen LogP contribution is 2.29. The SMILES string of the molecule is c1ccc(COc2cncc(N3C[C@H]4CNC[C@H]4C3)n2)cc1. The van der Waals surface area contributed by atoms with E-state index in [1.54, 1.807) is 6.20 Å². The Hall–Kier alpha value is -2.14. The molecule has 2 aromatic rings. The second-order valence-electron chi connectivity index (χ2n) is 6.07. The van der Waals surface area contributed by atoms with Crippen molar-refractivity contribution in [1.82, 2.24) is 15.3 Å². The average Bonchev–Trinajstić information content (AvgIpc) is 3.16. The largest absolute Gasteiger partial charge is 0.472 e. The highest BCUT2D eigenvalue weighted by atomic mass is 16.5. The van der Waals surface area contributed by atoms with Gasteiger partial charge < -0.3 is 15.0 Å². The molecule has 0 radical (unpaired) electrons. The topological polar surface area (TPSA) is 50.3 Å². The van der Waals surface area contributed by atoms with Crippen molar-refractivity contribution >= 4 is 5.82 Å². The molecule has 1 aromatic heterocycles. The maximum Gasteiger partial charge on any atom is 0.234 e. The zero-order valence-electron chi connectivity index (χ0n) is 12.5. The van der Waals surface area contributed by atoms with Gasteiger partial charge in [-0.15, -0.1) is 0 Å². The first-order chi connectivity index (χ1) is 10.9. The summed E-state index contributed by atoms with van der Waals surface area (Å²) in [7, 11) is 0. The Morgan fingerprint density at radius 3 is 2.64 bits per heavy atom. The predicted molar refractivity (Wildman–Crippen MR) is 84.9 cm³/mol. The van der Waals surface area contributed by atoms with Crippen LogP contribution in [0.25, 0.3) is 0 Å². The van der Waals surface area contributed by atoms with Crippen molar-refractivity contribution in [1.29, 1.82) is 0 Å². The van der Waals surface area contributed by atoms with Crippen LogP contribution in [0.4, 0.5) is 5.82 Å². The molecule has 1 N–H and O–H groups in total. The molecule has 0 bridgehead atoms. The molecule has 2 saturated heterocycles. The minimum atomic E-state index is 0.522. The monoisotopic (exact) mass is 296 g/mol. The summed E-state index contributed by atoms with van der Waals surface area (Å²) >= 11 is 0. The number of rotatable bonds is 4. The Bertz CT molecular complexity index is 622. The average molecular weight is 296 g/mol. The number of anilines is 1. The molecule has 22 heavy (non-hydrogen) atoms. The third-order valence-electron chi connectivity index (χ3n) is 4.54. The fourth-order valence-electron chi connectivity index (χ4n) is 3.33. The van der Waals surface area contributed by atoms with Gasteiger partial charge in [0.2, 0.25) is 5.88 Å². The first kappa shape index (κ1) is 13.5. The Balaban J connectivity index is 1.42. The van der Waals surface area contributed by atoms with Gasteiger partial charge >= 0.3 is 0 Å². The molecule has 5 nitrogen and oxygen atoms in total. The predicted octanol–water partition coefficient (Wildman–Crippen LogP) is 1.71. The van der Waals surface area contributed by atoms with Gasteiger partial charge in [-0.3, -0.25) is 4.98 Å². The number of fused-ring (bicyclic) bond motifs is 1. The van der Waals surface area contributed by atoms with Gasteiger partial charge in [-0.05, 0) is 17.4 Å². The number of hydrogen-bond acceptors (Lipinski definition) is 5. The molecule has 0 unspecified atom stereocenters. The molecule has 3 heterocycles. The standard InChI is InChI=1S/C17H20N4O/c1-2-4-13(5-3-1)12-22-17-9-19-8-16(20-17)21-10-14-6-18-7-15(14)11-21/h1-5,8-9,14-15,18H,6-7,10-12H2/t14-,15+.